The lowest BCUT2D eigenvalue weighted by Crippen LogP contribution is -2.50. The third-order valence-electron chi connectivity index (χ3n) is 3.09. The summed E-state index contributed by atoms with van der Waals surface area (Å²) in [6, 6.07) is 4.72. The largest absolute Gasteiger partial charge is 0.398 e. The van der Waals surface area contributed by atoms with Crippen LogP contribution in [0, 0.1) is 0 Å². The fourth-order valence-electron chi connectivity index (χ4n) is 2.17. The van der Waals surface area contributed by atoms with Crippen LogP contribution in [0.3, 0.4) is 0 Å². The Bertz CT molecular complexity index is 593. The minimum absolute atomic E-state index is 0.0673. The van der Waals surface area contributed by atoms with Crippen LogP contribution < -0.4 is 5.73 Å². The van der Waals surface area contributed by atoms with Crippen LogP contribution in [0.2, 0.25) is 0 Å². The number of hydrogen-bond donors (Lipinski definition) is 2. The van der Waals surface area contributed by atoms with Crippen molar-refractivity contribution in [2.24, 2.45) is 0 Å². The van der Waals surface area contributed by atoms with Gasteiger partial charge in [0.15, 0.2) is 0 Å². The predicted molar refractivity (Wildman–Crippen MR) is 78.7 cm³/mol. The van der Waals surface area contributed by atoms with Gasteiger partial charge in [-0.3, -0.25) is 0 Å². The second-order valence-corrected chi connectivity index (χ2v) is 7.58. The van der Waals surface area contributed by atoms with Crippen LogP contribution in [0.1, 0.15) is 6.92 Å². The molecule has 2 atom stereocenters. The van der Waals surface area contributed by atoms with Gasteiger partial charge >= 0.3 is 0 Å². The summed E-state index contributed by atoms with van der Waals surface area (Å²) >= 11 is 3.25. The Morgan fingerprint density at radius 1 is 1.50 bits per heavy atom. The molecule has 3 N–H and O–H groups in total. The Labute approximate surface area is 126 Å². The predicted octanol–water partition coefficient (Wildman–Crippen LogP) is 0.802. The molecule has 0 radical (unpaired) electrons. The first-order valence-electron chi connectivity index (χ1n) is 6.16. The Kier molecular flexibility index (Phi) is 4.70. The number of sulfonamides is 1. The second-order valence-electron chi connectivity index (χ2n) is 4.76. The van der Waals surface area contributed by atoms with Gasteiger partial charge in [0.1, 0.15) is 4.90 Å². The summed E-state index contributed by atoms with van der Waals surface area (Å²) in [4.78, 5) is 0.0673. The number of benzene rings is 1. The van der Waals surface area contributed by atoms with Crippen molar-refractivity contribution in [3.63, 3.8) is 0 Å². The van der Waals surface area contributed by atoms with E-state index in [1.54, 1.807) is 19.1 Å². The first kappa shape index (κ1) is 15.7. The van der Waals surface area contributed by atoms with E-state index in [1.165, 1.54) is 10.4 Å². The van der Waals surface area contributed by atoms with Crippen LogP contribution in [0.15, 0.2) is 27.6 Å². The molecule has 0 aliphatic carbocycles. The summed E-state index contributed by atoms with van der Waals surface area (Å²) < 4.78 is 32.7. The van der Waals surface area contributed by atoms with E-state index in [4.69, 9.17) is 10.5 Å². The van der Waals surface area contributed by atoms with Crippen LogP contribution in [-0.2, 0) is 14.8 Å². The van der Waals surface area contributed by atoms with Gasteiger partial charge in [-0.25, -0.2) is 8.42 Å². The molecule has 0 spiro atoms. The van der Waals surface area contributed by atoms with Gasteiger partial charge in [0, 0.05) is 17.6 Å². The highest BCUT2D eigenvalue weighted by Crippen LogP contribution is 2.28. The summed E-state index contributed by atoms with van der Waals surface area (Å²) in [5.74, 6) is 0. The fourth-order valence-corrected chi connectivity index (χ4v) is 4.37. The van der Waals surface area contributed by atoms with E-state index in [0.717, 1.165) is 0 Å². The number of ether oxygens (including phenoxy) is 1. The van der Waals surface area contributed by atoms with E-state index in [2.05, 4.69) is 15.9 Å². The molecule has 1 heterocycles. The Morgan fingerprint density at radius 3 is 2.85 bits per heavy atom. The van der Waals surface area contributed by atoms with E-state index in [-0.39, 0.29) is 36.4 Å². The highest BCUT2D eigenvalue weighted by Gasteiger charge is 2.34. The van der Waals surface area contributed by atoms with Gasteiger partial charge < -0.3 is 15.6 Å². The first-order valence-corrected chi connectivity index (χ1v) is 8.39. The normalized spacial score (nSPS) is 24.8. The maximum atomic E-state index is 12.7. The van der Waals surface area contributed by atoms with Crippen molar-refractivity contribution in [2.75, 3.05) is 25.4 Å². The van der Waals surface area contributed by atoms with Gasteiger partial charge in [-0.05, 0) is 25.1 Å². The van der Waals surface area contributed by atoms with Crippen molar-refractivity contribution in [2.45, 2.75) is 24.0 Å². The summed E-state index contributed by atoms with van der Waals surface area (Å²) in [6.07, 6.45) is -0.786. The molecule has 8 heteroatoms. The van der Waals surface area contributed by atoms with Crippen LogP contribution in [0.25, 0.3) is 0 Å². The second kappa shape index (κ2) is 5.98. The number of halogens is 1. The zero-order chi connectivity index (χ0) is 14.9. The molecule has 1 aliphatic heterocycles. The Hall–Kier alpha value is -0.670. The number of anilines is 1. The fraction of sp³-hybridized carbons (Fsp3) is 0.500. The summed E-state index contributed by atoms with van der Waals surface area (Å²) in [5.41, 5.74) is 5.98. The number of aliphatic hydroxyl groups excluding tert-OH is 1. The van der Waals surface area contributed by atoms with Gasteiger partial charge in [0.05, 0.1) is 24.5 Å². The molecule has 1 aliphatic rings. The van der Waals surface area contributed by atoms with E-state index in [9.17, 15) is 13.5 Å². The average Bonchev–Trinajstić information content (AvgIpc) is 2.40. The molecular formula is C12H17BrN2O4S. The van der Waals surface area contributed by atoms with Gasteiger partial charge in [0.2, 0.25) is 10.0 Å². The molecule has 2 unspecified atom stereocenters. The minimum atomic E-state index is -3.70. The first-order chi connectivity index (χ1) is 9.34. The van der Waals surface area contributed by atoms with Crippen LogP contribution in [0.5, 0.6) is 0 Å². The van der Waals surface area contributed by atoms with Crippen molar-refractivity contribution in [1.82, 2.24) is 4.31 Å². The van der Waals surface area contributed by atoms with E-state index in [0.29, 0.717) is 4.47 Å². The van der Waals surface area contributed by atoms with Gasteiger partial charge in [-0.2, -0.15) is 4.31 Å². The van der Waals surface area contributed by atoms with E-state index in [1.807, 2.05) is 0 Å². The molecule has 6 nitrogen and oxygen atoms in total. The van der Waals surface area contributed by atoms with Gasteiger partial charge in [0.25, 0.3) is 0 Å². The zero-order valence-electron chi connectivity index (χ0n) is 11.0. The molecule has 1 aromatic rings. The van der Waals surface area contributed by atoms with Crippen molar-refractivity contribution in [3.8, 4) is 0 Å². The molecule has 1 fully saturated rings. The molecule has 0 saturated carbocycles. The number of morpholine rings is 1. The SMILES string of the molecule is CC1CN(S(=O)(=O)c2cc(Br)ccc2N)CC(CO)O1. The van der Waals surface area contributed by atoms with E-state index < -0.39 is 16.1 Å². The highest BCUT2D eigenvalue weighted by molar-refractivity contribution is 9.10. The van der Waals surface area contributed by atoms with Gasteiger partial charge in [-0.1, -0.05) is 15.9 Å². The van der Waals surface area contributed by atoms with Crippen molar-refractivity contribution < 1.29 is 18.3 Å². The van der Waals surface area contributed by atoms with Crippen LogP contribution in [0.4, 0.5) is 5.69 Å². The standard InChI is InChI=1S/C12H17BrN2O4S/c1-8-5-15(6-10(7-16)19-8)20(17,18)12-4-9(13)2-3-11(12)14/h2-4,8,10,16H,5-7,14H2,1H3. The third kappa shape index (κ3) is 3.15. The number of nitrogen functional groups attached to an aromatic ring is 1. The monoisotopic (exact) mass is 364 g/mol. The lowest BCUT2D eigenvalue weighted by Gasteiger charge is -2.35. The number of hydrogen-bond acceptors (Lipinski definition) is 5. The van der Waals surface area contributed by atoms with Crippen LogP contribution >= 0.6 is 15.9 Å². The van der Waals surface area contributed by atoms with E-state index >= 15 is 0 Å². The summed E-state index contributed by atoms with van der Waals surface area (Å²) in [5, 5.41) is 9.18. The smallest absolute Gasteiger partial charge is 0.245 e. The maximum Gasteiger partial charge on any atom is 0.245 e. The van der Waals surface area contributed by atoms with Crippen molar-refractivity contribution in [1.29, 1.82) is 0 Å². The number of aliphatic hydroxyl groups is 1. The molecular weight excluding hydrogens is 348 g/mol. The molecule has 0 amide bonds. The lowest BCUT2D eigenvalue weighted by molar-refractivity contribution is -0.0750. The Balaban J connectivity index is 2.36. The summed E-state index contributed by atoms with van der Waals surface area (Å²) in [6.45, 7) is 1.92. The zero-order valence-corrected chi connectivity index (χ0v) is 13.4. The topological polar surface area (TPSA) is 92.9 Å². The molecule has 2 rings (SSSR count). The average molecular weight is 365 g/mol. The molecule has 1 aromatic carbocycles. The minimum Gasteiger partial charge on any atom is -0.398 e. The summed E-state index contributed by atoms with van der Waals surface area (Å²) in [7, 11) is -3.70. The molecule has 0 aromatic heterocycles. The molecule has 20 heavy (non-hydrogen) atoms. The quantitative estimate of drug-likeness (QED) is 0.773. The van der Waals surface area contributed by atoms with Gasteiger partial charge in [-0.15, -0.1) is 0 Å². The van der Waals surface area contributed by atoms with Crippen LogP contribution in [-0.4, -0.2) is 49.7 Å². The molecule has 1 saturated heterocycles. The number of nitrogens with two attached hydrogens (primary N) is 1. The highest BCUT2D eigenvalue weighted by atomic mass is 79.9. The number of rotatable bonds is 3. The van der Waals surface area contributed by atoms with Crippen molar-refractivity contribution in [3.05, 3.63) is 22.7 Å². The lowest BCUT2D eigenvalue weighted by atomic mass is 10.2. The maximum absolute atomic E-state index is 12.7. The third-order valence-corrected chi connectivity index (χ3v) is 5.47. The number of nitrogens with zero attached hydrogens (tertiary/aromatic N) is 1. The Morgan fingerprint density at radius 2 is 2.20 bits per heavy atom. The van der Waals surface area contributed by atoms with Crippen molar-refractivity contribution >= 4 is 31.6 Å². The molecule has 112 valence electrons. The molecule has 0 bridgehead atoms.